The molecule has 4 rings (SSSR count). The zero-order valence-electron chi connectivity index (χ0n) is 21.9. The molecular formula is C31H42N2O3. The molecule has 1 aliphatic carbocycles. The van der Waals surface area contributed by atoms with Crippen LogP contribution in [0.1, 0.15) is 87.1 Å². The van der Waals surface area contributed by atoms with E-state index in [2.05, 4.69) is 17.0 Å². The minimum Gasteiger partial charge on any atom is -0.487 e. The molecule has 2 aromatic rings. The molecule has 0 aromatic heterocycles. The van der Waals surface area contributed by atoms with Crippen molar-refractivity contribution in [1.29, 1.82) is 0 Å². The first-order valence-corrected chi connectivity index (χ1v) is 14.1. The Morgan fingerprint density at radius 1 is 0.861 bits per heavy atom. The van der Waals surface area contributed by atoms with Gasteiger partial charge in [0.2, 0.25) is 5.91 Å². The van der Waals surface area contributed by atoms with E-state index in [1.807, 2.05) is 54.3 Å². The van der Waals surface area contributed by atoms with Gasteiger partial charge in [-0.25, -0.2) is 0 Å². The number of para-hydroxylation sites is 1. The second-order valence-corrected chi connectivity index (χ2v) is 10.2. The summed E-state index contributed by atoms with van der Waals surface area (Å²) in [6.07, 6.45) is 10.6. The molecular weight excluding hydrogens is 448 g/mol. The maximum atomic E-state index is 13.6. The van der Waals surface area contributed by atoms with Crippen LogP contribution in [0.3, 0.4) is 0 Å². The molecule has 1 heterocycles. The van der Waals surface area contributed by atoms with Gasteiger partial charge < -0.3 is 14.5 Å². The van der Waals surface area contributed by atoms with Crippen molar-refractivity contribution in [2.45, 2.75) is 89.7 Å². The standard InChI is InChI=1S/C31H42N2O3/c1-2-32-23-13-4-3-5-14-24-33(30(34)22-21-25-15-7-6-8-16-25)27-18-10-12-20-29(27)36-28-19-11-9-17-26(28)31(32)35/h6-9,11,15-17,19,27,29H,2-5,10,12-14,18,20-24H2,1H3/t27-,29+/m1/s1. The third-order valence-corrected chi connectivity index (χ3v) is 7.75. The number of carbonyl (C=O) groups excluding carboxylic acids is 2. The summed E-state index contributed by atoms with van der Waals surface area (Å²) in [5.74, 6) is 0.931. The third kappa shape index (κ3) is 6.89. The molecule has 194 valence electrons. The molecule has 36 heavy (non-hydrogen) atoms. The van der Waals surface area contributed by atoms with Crippen LogP contribution in [-0.4, -0.2) is 53.4 Å². The number of carbonyl (C=O) groups is 2. The van der Waals surface area contributed by atoms with Gasteiger partial charge in [0.15, 0.2) is 0 Å². The van der Waals surface area contributed by atoms with Gasteiger partial charge in [0.05, 0.1) is 11.6 Å². The summed E-state index contributed by atoms with van der Waals surface area (Å²) in [5.41, 5.74) is 1.84. The van der Waals surface area contributed by atoms with Gasteiger partial charge in [-0.15, -0.1) is 0 Å². The maximum absolute atomic E-state index is 13.6. The molecule has 0 spiro atoms. The second kappa shape index (κ2) is 13.5. The van der Waals surface area contributed by atoms with Gasteiger partial charge in [0.25, 0.3) is 5.91 Å². The van der Waals surface area contributed by atoms with Crippen molar-refractivity contribution in [3.63, 3.8) is 0 Å². The molecule has 2 atom stereocenters. The van der Waals surface area contributed by atoms with E-state index in [0.29, 0.717) is 24.3 Å². The summed E-state index contributed by atoms with van der Waals surface area (Å²) in [4.78, 5) is 31.1. The van der Waals surface area contributed by atoms with Crippen molar-refractivity contribution in [2.75, 3.05) is 19.6 Å². The van der Waals surface area contributed by atoms with E-state index in [1.54, 1.807) is 0 Å². The van der Waals surface area contributed by atoms with Gasteiger partial charge in [-0.05, 0) is 63.1 Å². The zero-order valence-corrected chi connectivity index (χ0v) is 21.9. The van der Waals surface area contributed by atoms with Crippen LogP contribution in [-0.2, 0) is 11.2 Å². The number of ether oxygens (including phenoxy) is 1. The highest BCUT2D eigenvalue weighted by atomic mass is 16.5. The molecule has 5 heteroatoms. The van der Waals surface area contributed by atoms with E-state index in [4.69, 9.17) is 4.74 Å². The molecule has 0 N–H and O–H groups in total. The minimum atomic E-state index is -0.0893. The third-order valence-electron chi connectivity index (χ3n) is 7.75. The Balaban J connectivity index is 1.58. The first kappa shape index (κ1) is 26.2. The normalized spacial score (nSPS) is 22.0. The number of aryl methyl sites for hydroxylation is 1. The lowest BCUT2D eigenvalue weighted by molar-refractivity contribution is -0.136. The molecule has 1 fully saturated rings. The van der Waals surface area contributed by atoms with Crippen LogP contribution < -0.4 is 4.74 Å². The molecule has 0 radical (unpaired) electrons. The predicted molar refractivity (Wildman–Crippen MR) is 144 cm³/mol. The number of rotatable bonds is 4. The fraction of sp³-hybridized carbons (Fsp3) is 0.548. The molecule has 1 saturated carbocycles. The Hall–Kier alpha value is -2.82. The fourth-order valence-corrected chi connectivity index (χ4v) is 5.68. The van der Waals surface area contributed by atoms with Crippen LogP contribution in [0, 0.1) is 0 Å². The van der Waals surface area contributed by atoms with Crippen molar-refractivity contribution in [2.24, 2.45) is 0 Å². The Kier molecular flexibility index (Phi) is 9.83. The summed E-state index contributed by atoms with van der Waals surface area (Å²) >= 11 is 0. The summed E-state index contributed by atoms with van der Waals surface area (Å²) in [7, 11) is 0. The fourth-order valence-electron chi connectivity index (χ4n) is 5.68. The maximum Gasteiger partial charge on any atom is 0.257 e. The molecule has 2 amide bonds. The highest BCUT2D eigenvalue weighted by molar-refractivity contribution is 5.97. The number of nitrogens with zero attached hydrogens (tertiary/aromatic N) is 2. The molecule has 2 aromatic carbocycles. The zero-order chi connectivity index (χ0) is 25.2. The number of hydrogen-bond acceptors (Lipinski definition) is 3. The van der Waals surface area contributed by atoms with Crippen molar-refractivity contribution in [1.82, 2.24) is 9.80 Å². The second-order valence-electron chi connectivity index (χ2n) is 10.2. The van der Waals surface area contributed by atoms with Crippen molar-refractivity contribution < 1.29 is 14.3 Å². The highest BCUT2D eigenvalue weighted by Gasteiger charge is 2.35. The molecule has 2 aliphatic rings. The summed E-state index contributed by atoms with van der Waals surface area (Å²) in [6, 6.07) is 18.0. The van der Waals surface area contributed by atoms with E-state index >= 15 is 0 Å². The Morgan fingerprint density at radius 2 is 1.56 bits per heavy atom. The van der Waals surface area contributed by atoms with E-state index in [9.17, 15) is 9.59 Å². The topological polar surface area (TPSA) is 49.9 Å². The van der Waals surface area contributed by atoms with Crippen LogP contribution in [0.4, 0.5) is 0 Å². The monoisotopic (exact) mass is 490 g/mol. The molecule has 1 aliphatic heterocycles. The Morgan fingerprint density at radius 3 is 2.36 bits per heavy atom. The first-order valence-electron chi connectivity index (χ1n) is 14.1. The van der Waals surface area contributed by atoms with Crippen molar-refractivity contribution >= 4 is 11.8 Å². The highest BCUT2D eigenvalue weighted by Crippen LogP contribution is 2.31. The molecule has 5 nitrogen and oxygen atoms in total. The number of fused-ring (bicyclic) bond motifs is 2. The number of hydrogen-bond donors (Lipinski definition) is 0. The Bertz CT molecular complexity index is 977. The van der Waals surface area contributed by atoms with Crippen molar-refractivity contribution in [3.8, 4) is 5.75 Å². The van der Waals surface area contributed by atoms with Crippen LogP contribution in [0.5, 0.6) is 5.75 Å². The molecule has 0 bridgehead atoms. The van der Waals surface area contributed by atoms with Gasteiger partial charge in [-0.1, -0.05) is 68.1 Å². The first-order chi connectivity index (χ1) is 17.7. The smallest absolute Gasteiger partial charge is 0.257 e. The summed E-state index contributed by atoms with van der Waals surface area (Å²) < 4.78 is 6.64. The van der Waals surface area contributed by atoms with E-state index in [-0.39, 0.29) is 24.0 Å². The average molecular weight is 491 g/mol. The van der Waals surface area contributed by atoms with E-state index < -0.39 is 0 Å². The van der Waals surface area contributed by atoms with Gasteiger partial charge >= 0.3 is 0 Å². The van der Waals surface area contributed by atoms with Crippen LogP contribution in [0.25, 0.3) is 0 Å². The van der Waals surface area contributed by atoms with Crippen molar-refractivity contribution in [3.05, 3.63) is 65.7 Å². The molecule has 0 saturated heterocycles. The summed E-state index contributed by atoms with van der Waals surface area (Å²) in [6.45, 7) is 4.31. The lowest BCUT2D eigenvalue weighted by Gasteiger charge is -2.40. The Labute approximate surface area is 216 Å². The van der Waals surface area contributed by atoms with Gasteiger partial charge in [0.1, 0.15) is 11.9 Å². The van der Waals surface area contributed by atoms with Gasteiger partial charge in [-0.3, -0.25) is 9.59 Å². The number of benzene rings is 2. The van der Waals surface area contributed by atoms with Crippen LogP contribution >= 0.6 is 0 Å². The predicted octanol–water partition coefficient (Wildman–Crippen LogP) is 6.26. The minimum absolute atomic E-state index is 0.0473. The SMILES string of the molecule is CCN1CCCCCCCN(C(=O)CCc2ccccc2)[C@@H]2CCCC[C@@H]2Oc2ccccc2C1=O. The lowest BCUT2D eigenvalue weighted by Crippen LogP contribution is -2.51. The average Bonchev–Trinajstić information content (AvgIpc) is 2.92. The number of amides is 2. The van der Waals surface area contributed by atoms with E-state index in [0.717, 1.165) is 77.3 Å². The summed E-state index contributed by atoms with van der Waals surface area (Å²) in [5, 5.41) is 0. The van der Waals surface area contributed by atoms with Crippen LogP contribution in [0.2, 0.25) is 0 Å². The van der Waals surface area contributed by atoms with Crippen LogP contribution in [0.15, 0.2) is 54.6 Å². The quantitative estimate of drug-likeness (QED) is 0.508. The molecule has 0 unspecified atom stereocenters. The largest absolute Gasteiger partial charge is 0.487 e. The van der Waals surface area contributed by atoms with Gasteiger partial charge in [-0.2, -0.15) is 0 Å². The van der Waals surface area contributed by atoms with E-state index in [1.165, 1.54) is 5.56 Å². The van der Waals surface area contributed by atoms with Gasteiger partial charge in [0, 0.05) is 26.1 Å². The lowest BCUT2D eigenvalue weighted by atomic mass is 9.90.